The molecule has 0 aliphatic heterocycles. The second kappa shape index (κ2) is 5.50. The van der Waals surface area contributed by atoms with Crippen LogP contribution in [0.1, 0.15) is 12.8 Å². The van der Waals surface area contributed by atoms with Crippen molar-refractivity contribution in [2.75, 3.05) is 14.2 Å². The number of alkyl carbamates (subject to hydrolysis) is 1. The summed E-state index contributed by atoms with van der Waals surface area (Å²) in [5, 5.41) is 12.1. The van der Waals surface area contributed by atoms with Crippen LogP contribution in [0.25, 0.3) is 0 Å². The summed E-state index contributed by atoms with van der Waals surface area (Å²) >= 11 is 0. The summed E-state index contributed by atoms with van der Waals surface area (Å²) in [5.74, 6) is -0.555. The van der Waals surface area contributed by atoms with Crippen molar-refractivity contribution in [1.29, 1.82) is 0 Å². The largest absolute Gasteiger partial charge is 0.466 e. The Labute approximate surface area is 93.2 Å². The molecule has 1 aliphatic carbocycles. The molecule has 0 saturated heterocycles. The molecule has 1 aliphatic rings. The van der Waals surface area contributed by atoms with Gasteiger partial charge in [0.25, 0.3) is 0 Å². The number of ether oxygens (including phenoxy) is 2. The molecular weight excluding hydrogens is 214 g/mol. The maximum atomic E-state index is 11.4. The van der Waals surface area contributed by atoms with Crippen LogP contribution in [0.3, 0.4) is 0 Å². The van der Waals surface area contributed by atoms with Crippen LogP contribution in [-0.2, 0) is 14.3 Å². The van der Waals surface area contributed by atoms with Crippen molar-refractivity contribution in [3.8, 4) is 0 Å². The van der Waals surface area contributed by atoms with Crippen LogP contribution >= 0.6 is 0 Å². The van der Waals surface area contributed by atoms with Crippen LogP contribution in [0, 0.1) is 0 Å². The number of aliphatic hydroxyl groups excluding tert-OH is 1. The Balaban J connectivity index is 2.82. The van der Waals surface area contributed by atoms with Gasteiger partial charge in [0.2, 0.25) is 0 Å². The molecule has 90 valence electrons. The van der Waals surface area contributed by atoms with Gasteiger partial charge in [-0.25, -0.2) is 9.59 Å². The fourth-order valence-electron chi connectivity index (χ4n) is 1.60. The summed E-state index contributed by atoms with van der Waals surface area (Å²) in [6.45, 7) is 0. The molecule has 0 aromatic rings. The molecule has 0 radical (unpaired) electrons. The van der Waals surface area contributed by atoms with Gasteiger partial charge >= 0.3 is 12.1 Å². The first kappa shape index (κ1) is 12.5. The van der Waals surface area contributed by atoms with E-state index in [4.69, 9.17) is 0 Å². The molecule has 0 aromatic heterocycles. The SMILES string of the molecule is COC(=O)N[C@H]1C(C(=O)OC)=CCC[C@H]1O. The van der Waals surface area contributed by atoms with E-state index in [-0.39, 0.29) is 5.57 Å². The highest BCUT2D eigenvalue weighted by Crippen LogP contribution is 2.20. The zero-order valence-electron chi connectivity index (χ0n) is 9.23. The van der Waals surface area contributed by atoms with Gasteiger partial charge in [-0.05, 0) is 12.8 Å². The van der Waals surface area contributed by atoms with E-state index in [9.17, 15) is 14.7 Å². The Morgan fingerprint density at radius 2 is 2.12 bits per heavy atom. The lowest BCUT2D eigenvalue weighted by Crippen LogP contribution is -2.47. The summed E-state index contributed by atoms with van der Waals surface area (Å²) < 4.78 is 9.00. The minimum atomic E-state index is -0.807. The van der Waals surface area contributed by atoms with Crippen LogP contribution in [0.15, 0.2) is 11.6 Å². The maximum absolute atomic E-state index is 11.4. The van der Waals surface area contributed by atoms with Gasteiger partial charge < -0.3 is 19.9 Å². The summed E-state index contributed by atoms with van der Waals surface area (Å²) in [7, 11) is 2.46. The number of allylic oxidation sites excluding steroid dienone is 1. The number of aliphatic hydroxyl groups is 1. The fourth-order valence-corrected chi connectivity index (χ4v) is 1.60. The summed E-state index contributed by atoms with van der Waals surface area (Å²) in [5.41, 5.74) is 0.256. The molecule has 16 heavy (non-hydrogen) atoms. The quantitative estimate of drug-likeness (QED) is 0.649. The predicted molar refractivity (Wildman–Crippen MR) is 54.7 cm³/mol. The van der Waals surface area contributed by atoms with Gasteiger partial charge in [0.1, 0.15) is 0 Å². The molecule has 2 N–H and O–H groups in total. The summed E-state index contributed by atoms with van der Waals surface area (Å²) in [6, 6.07) is -0.770. The highest BCUT2D eigenvalue weighted by molar-refractivity contribution is 5.91. The van der Waals surface area contributed by atoms with Gasteiger partial charge in [0, 0.05) is 0 Å². The number of hydrogen-bond donors (Lipinski definition) is 2. The minimum Gasteiger partial charge on any atom is -0.466 e. The van der Waals surface area contributed by atoms with Gasteiger partial charge in [0.15, 0.2) is 0 Å². The van der Waals surface area contributed by atoms with Gasteiger partial charge in [0.05, 0.1) is 31.9 Å². The Bertz CT molecular complexity index is 312. The zero-order chi connectivity index (χ0) is 12.1. The van der Waals surface area contributed by atoms with Crippen LogP contribution < -0.4 is 5.32 Å². The second-order valence-corrected chi connectivity index (χ2v) is 3.41. The topological polar surface area (TPSA) is 84.9 Å². The lowest BCUT2D eigenvalue weighted by atomic mass is 9.91. The standard InChI is InChI=1S/C10H15NO5/c1-15-9(13)6-4-3-5-7(12)8(6)11-10(14)16-2/h4,7-8,12H,3,5H2,1-2H3,(H,11,14)/t7-,8+/m1/s1. The molecule has 0 aromatic carbocycles. The molecule has 0 unspecified atom stereocenters. The van der Waals surface area contributed by atoms with Crippen molar-refractivity contribution in [2.45, 2.75) is 25.0 Å². The van der Waals surface area contributed by atoms with E-state index in [1.54, 1.807) is 6.08 Å². The Morgan fingerprint density at radius 3 is 2.69 bits per heavy atom. The van der Waals surface area contributed by atoms with Gasteiger partial charge in [-0.3, -0.25) is 0 Å². The van der Waals surface area contributed by atoms with Crippen LogP contribution in [0.5, 0.6) is 0 Å². The van der Waals surface area contributed by atoms with E-state index in [1.165, 1.54) is 14.2 Å². The highest BCUT2D eigenvalue weighted by atomic mass is 16.5. The molecule has 2 atom stereocenters. The van der Waals surface area contributed by atoms with Gasteiger partial charge in [-0.15, -0.1) is 0 Å². The molecule has 6 heteroatoms. The van der Waals surface area contributed by atoms with E-state index < -0.39 is 24.2 Å². The van der Waals surface area contributed by atoms with E-state index in [0.717, 1.165) is 0 Å². The lowest BCUT2D eigenvalue weighted by molar-refractivity contribution is -0.137. The summed E-state index contributed by atoms with van der Waals surface area (Å²) in [4.78, 5) is 22.5. The number of carbonyl (C=O) groups excluding carboxylic acids is 2. The lowest BCUT2D eigenvalue weighted by Gasteiger charge is -2.27. The average molecular weight is 229 g/mol. The molecule has 0 spiro atoms. The molecule has 0 heterocycles. The first-order chi connectivity index (χ1) is 7.60. The van der Waals surface area contributed by atoms with Gasteiger partial charge in [-0.1, -0.05) is 6.08 Å². The van der Waals surface area contributed by atoms with Crippen molar-refractivity contribution in [3.05, 3.63) is 11.6 Å². The number of nitrogens with one attached hydrogen (secondary N) is 1. The third-order valence-electron chi connectivity index (χ3n) is 2.43. The Morgan fingerprint density at radius 1 is 1.44 bits per heavy atom. The van der Waals surface area contributed by atoms with Crippen molar-refractivity contribution in [3.63, 3.8) is 0 Å². The molecule has 1 amide bonds. The normalized spacial score (nSPS) is 24.3. The molecule has 6 nitrogen and oxygen atoms in total. The number of amides is 1. The van der Waals surface area contributed by atoms with E-state index in [0.29, 0.717) is 12.8 Å². The number of carbonyl (C=O) groups is 2. The monoisotopic (exact) mass is 229 g/mol. The first-order valence-corrected chi connectivity index (χ1v) is 4.91. The van der Waals surface area contributed by atoms with Crippen molar-refractivity contribution in [1.82, 2.24) is 5.32 Å². The van der Waals surface area contributed by atoms with Crippen LogP contribution in [-0.4, -0.2) is 43.5 Å². The molecule has 1 rings (SSSR count). The predicted octanol–water partition coefficient (Wildman–Crippen LogP) is -0.0349. The van der Waals surface area contributed by atoms with Crippen LogP contribution in [0.4, 0.5) is 4.79 Å². The zero-order valence-corrected chi connectivity index (χ0v) is 9.23. The maximum Gasteiger partial charge on any atom is 0.407 e. The molecular formula is C10H15NO5. The average Bonchev–Trinajstić information content (AvgIpc) is 2.30. The Kier molecular flexibility index (Phi) is 4.30. The molecule has 0 saturated carbocycles. The number of methoxy groups -OCH3 is 2. The summed E-state index contributed by atoms with van der Waals surface area (Å²) in [6.07, 6.45) is 1.21. The highest BCUT2D eigenvalue weighted by Gasteiger charge is 2.32. The number of hydrogen-bond acceptors (Lipinski definition) is 5. The van der Waals surface area contributed by atoms with Crippen molar-refractivity contribution in [2.24, 2.45) is 0 Å². The third kappa shape index (κ3) is 2.73. The number of rotatable bonds is 2. The van der Waals surface area contributed by atoms with Crippen molar-refractivity contribution >= 4 is 12.1 Å². The fraction of sp³-hybridized carbons (Fsp3) is 0.600. The van der Waals surface area contributed by atoms with Crippen molar-refractivity contribution < 1.29 is 24.2 Å². The van der Waals surface area contributed by atoms with E-state index >= 15 is 0 Å². The second-order valence-electron chi connectivity index (χ2n) is 3.41. The molecule has 0 bridgehead atoms. The van der Waals surface area contributed by atoms with Gasteiger partial charge in [-0.2, -0.15) is 0 Å². The number of esters is 1. The van der Waals surface area contributed by atoms with E-state index in [1.807, 2.05) is 0 Å². The van der Waals surface area contributed by atoms with Crippen LogP contribution in [0.2, 0.25) is 0 Å². The first-order valence-electron chi connectivity index (χ1n) is 4.91. The van der Waals surface area contributed by atoms with E-state index in [2.05, 4.69) is 14.8 Å². The minimum absolute atomic E-state index is 0.256. The Hall–Kier alpha value is -1.56. The third-order valence-corrected chi connectivity index (χ3v) is 2.43. The molecule has 0 fully saturated rings. The smallest absolute Gasteiger partial charge is 0.407 e.